The Hall–Kier alpha value is -3.48. The Morgan fingerprint density at radius 2 is 1.86 bits per heavy atom. The zero-order chi connectivity index (χ0) is 20.1. The fourth-order valence-corrected chi connectivity index (χ4v) is 2.85. The normalized spacial score (nSPS) is 10.7. The van der Waals surface area contributed by atoms with Crippen molar-refractivity contribution in [1.29, 1.82) is 0 Å². The Morgan fingerprint density at radius 1 is 1.07 bits per heavy atom. The summed E-state index contributed by atoms with van der Waals surface area (Å²) in [6.45, 7) is 3.81. The van der Waals surface area contributed by atoms with Gasteiger partial charge < -0.3 is 14.5 Å². The van der Waals surface area contributed by atoms with Crippen molar-refractivity contribution >= 4 is 22.7 Å². The lowest BCUT2D eigenvalue weighted by Crippen LogP contribution is -2.42. The first-order valence-electron chi connectivity index (χ1n) is 8.96. The van der Waals surface area contributed by atoms with Gasteiger partial charge in [0.05, 0.1) is 19.6 Å². The number of rotatable bonds is 6. The minimum atomic E-state index is -0.443. The van der Waals surface area contributed by atoms with E-state index in [0.717, 1.165) is 16.5 Å². The number of benzene rings is 2. The van der Waals surface area contributed by atoms with Crippen molar-refractivity contribution in [2.75, 3.05) is 7.11 Å². The summed E-state index contributed by atoms with van der Waals surface area (Å²) in [5, 5.41) is 0.981. The molecule has 0 aliphatic carbocycles. The molecule has 3 N–H and O–H groups in total. The summed E-state index contributed by atoms with van der Waals surface area (Å²) in [4.78, 5) is 27.7. The number of amides is 2. The number of fused-ring (bicyclic) bond motifs is 1. The second kappa shape index (κ2) is 8.47. The Labute approximate surface area is 163 Å². The van der Waals surface area contributed by atoms with Gasteiger partial charge in [-0.25, -0.2) is 0 Å². The number of carbonyl (C=O) groups excluding carboxylic acids is 2. The molecule has 0 radical (unpaired) electrons. The number of aromatic nitrogens is 1. The maximum Gasteiger partial charge on any atom is 0.269 e. The summed E-state index contributed by atoms with van der Waals surface area (Å²) >= 11 is 0. The van der Waals surface area contributed by atoms with E-state index in [0.29, 0.717) is 17.1 Å². The first-order chi connectivity index (χ1) is 13.5. The standard InChI is InChI=1S/C21H23N3O4/c1-13(2)28-18-9-8-14(10-19(18)27-3)21(26)24-23-20(25)11-15-12-22-17-7-5-4-6-16(15)17/h4-10,12-13,22H,11H2,1-3H3,(H,23,25)(H,24,26). The Morgan fingerprint density at radius 3 is 2.61 bits per heavy atom. The average Bonchev–Trinajstić information content (AvgIpc) is 3.09. The van der Waals surface area contributed by atoms with E-state index in [4.69, 9.17) is 9.47 Å². The third kappa shape index (κ3) is 4.43. The van der Waals surface area contributed by atoms with Crippen LogP contribution in [0.4, 0.5) is 0 Å². The van der Waals surface area contributed by atoms with Crippen LogP contribution in [-0.4, -0.2) is 30.0 Å². The lowest BCUT2D eigenvalue weighted by Gasteiger charge is -2.14. The van der Waals surface area contributed by atoms with Gasteiger partial charge in [0, 0.05) is 22.7 Å². The van der Waals surface area contributed by atoms with Crippen LogP contribution in [0.1, 0.15) is 29.8 Å². The molecule has 0 bridgehead atoms. The van der Waals surface area contributed by atoms with Crippen LogP contribution in [0.15, 0.2) is 48.7 Å². The number of nitrogens with one attached hydrogen (secondary N) is 3. The molecule has 2 aromatic carbocycles. The van der Waals surface area contributed by atoms with E-state index in [-0.39, 0.29) is 18.4 Å². The Balaban J connectivity index is 1.61. The molecule has 1 heterocycles. The van der Waals surface area contributed by atoms with Crippen molar-refractivity contribution in [1.82, 2.24) is 15.8 Å². The van der Waals surface area contributed by atoms with E-state index in [1.54, 1.807) is 24.4 Å². The number of hydrazine groups is 1. The van der Waals surface area contributed by atoms with Gasteiger partial charge in [0.25, 0.3) is 5.91 Å². The fourth-order valence-electron chi connectivity index (χ4n) is 2.85. The summed E-state index contributed by atoms with van der Waals surface area (Å²) < 4.78 is 10.9. The van der Waals surface area contributed by atoms with Gasteiger partial charge in [0.15, 0.2) is 11.5 Å². The van der Waals surface area contributed by atoms with Gasteiger partial charge >= 0.3 is 0 Å². The number of hydrogen-bond donors (Lipinski definition) is 3. The number of aromatic amines is 1. The van der Waals surface area contributed by atoms with E-state index >= 15 is 0 Å². The molecule has 0 saturated carbocycles. The van der Waals surface area contributed by atoms with Gasteiger partial charge in [-0.15, -0.1) is 0 Å². The van der Waals surface area contributed by atoms with Gasteiger partial charge in [-0.1, -0.05) is 18.2 Å². The minimum absolute atomic E-state index is 0.0163. The maximum atomic E-state index is 12.3. The second-order valence-electron chi connectivity index (χ2n) is 6.57. The van der Waals surface area contributed by atoms with Crippen molar-refractivity contribution in [3.05, 3.63) is 59.8 Å². The van der Waals surface area contributed by atoms with Crippen LogP contribution in [0.3, 0.4) is 0 Å². The largest absolute Gasteiger partial charge is 0.493 e. The lowest BCUT2D eigenvalue weighted by molar-refractivity contribution is -0.121. The van der Waals surface area contributed by atoms with E-state index in [1.165, 1.54) is 7.11 Å². The van der Waals surface area contributed by atoms with E-state index in [1.807, 2.05) is 38.1 Å². The molecule has 0 atom stereocenters. The highest BCUT2D eigenvalue weighted by Gasteiger charge is 2.14. The van der Waals surface area contributed by atoms with Crippen LogP contribution in [0.5, 0.6) is 11.5 Å². The third-order valence-electron chi connectivity index (χ3n) is 4.13. The Bertz CT molecular complexity index is 994. The highest BCUT2D eigenvalue weighted by atomic mass is 16.5. The molecule has 0 unspecified atom stereocenters. The highest BCUT2D eigenvalue weighted by Crippen LogP contribution is 2.28. The van der Waals surface area contributed by atoms with Gasteiger partial charge in [0.1, 0.15) is 0 Å². The molecule has 2 amide bonds. The van der Waals surface area contributed by atoms with Crippen molar-refractivity contribution in [3.8, 4) is 11.5 Å². The molecule has 7 heteroatoms. The van der Waals surface area contributed by atoms with Crippen molar-refractivity contribution in [2.24, 2.45) is 0 Å². The minimum Gasteiger partial charge on any atom is -0.493 e. The number of ether oxygens (including phenoxy) is 2. The summed E-state index contributed by atoms with van der Waals surface area (Å²) in [6.07, 6.45) is 1.93. The highest BCUT2D eigenvalue weighted by molar-refractivity contribution is 5.96. The smallest absolute Gasteiger partial charge is 0.269 e. The molecular weight excluding hydrogens is 358 g/mol. The van der Waals surface area contributed by atoms with Crippen LogP contribution >= 0.6 is 0 Å². The molecule has 3 rings (SSSR count). The molecule has 0 aliphatic heterocycles. The summed E-state index contributed by atoms with van der Waals surface area (Å²) in [5.41, 5.74) is 7.04. The summed E-state index contributed by atoms with van der Waals surface area (Å²) in [6, 6.07) is 12.6. The quantitative estimate of drug-likeness (QED) is 0.573. The third-order valence-corrected chi connectivity index (χ3v) is 4.13. The molecule has 0 spiro atoms. The zero-order valence-electron chi connectivity index (χ0n) is 16.0. The molecule has 0 saturated heterocycles. The van der Waals surface area contributed by atoms with E-state index < -0.39 is 5.91 Å². The molecule has 3 aromatic rings. The SMILES string of the molecule is COc1cc(C(=O)NNC(=O)Cc2c[nH]c3ccccc23)ccc1OC(C)C. The Kier molecular flexibility index (Phi) is 5.84. The average molecular weight is 381 g/mol. The van der Waals surface area contributed by atoms with Crippen molar-refractivity contribution in [3.63, 3.8) is 0 Å². The molecule has 28 heavy (non-hydrogen) atoms. The number of H-pyrrole nitrogens is 1. The van der Waals surface area contributed by atoms with E-state index in [9.17, 15) is 9.59 Å². The predicted molar refractivity (Wildman–Crippen MR) is 106 cm³/mol. The summed E-state index contributed by atoms with van der Waals surface area (Å²) in [5.74, 6) is 0.246. The van der Waals surface area contributed by atoms with Crippen molar-refractivity contribution in [2.45, 2.75) is 26.4 Å². The van der Waals surface area contributed by atoms with Gasteiger partial charge in [-0.3, -0.25) is 20.4 Å². The van der Waals surface area contributed by atoms with Crippen LogP contribution in [-0.2, 0) is 11.2 Å². The lowest BCUT2D eigenvalue weighted by atomic mass is 10.1. The van der Waals surface area contributed by atoms with Gasteiger partial charge in [-0.05, 0) is 43.7 Å². The zero-order valence-corrected chi connectivity index (χ0v) is 16.0. The maximum absolute atomic E-state index is 12.3. The van der Waals surface area contributed by atoms with Crippen LogP contribution in [0, 0.1) is 0 Å². The number of hydrogen-bond acceptors (Lipinski definition) is 4. The van der Waals surface area contributed by atoms with Gasteiger partial charge in [-0.2, -0.15) is 0 Å². The molecule has 0 aliphatic rings. The van der Waals surface area contributed by atoms with Crippen molar-refractivity contribution < 1.29 is 19.1 Å². The molecule has 0 fully saturated rings. The summed E-state index contributed by atoms with van der Waals surface area (Å²) in [7, 11) is 1.51. The molecular formula is C21H23N3O4. The predicted octanol–water partition coefficient (Wildman–Crippen LogP) is 2.97. The molecule has 1 aromatic heterocycles. The number of methoxy groups -OCH3 is 1. The monoisotopic (exact) mass is 381 g/mol. The number of carbonyl (C=O) groups is 2. The number of para-hydroxylation sites is 1. The van der Waals surface area contributed by atoms with Crippen LogP contribution < -0.4 is 20.3 Å². The molecule has 146 valence electrons. The topological polar surface area (TPSA) is 92.5 Å². The molecule has 7 nitrogen and oxygen atoms in total. The fraction of sp³-hybridized carbons (Fsp3) is 0.238. The first-order valence-corrected chi connectivity index (χ1v) is 8.96. The van der Waals surface area contributed by atoms with E-state index in [2.05, 4.69) is 15.8 Å². The van der Waals surface area contributed by atoms with Crippen LogP contribution in [0.2, 0.25) is 0 Å². The first kappa shape index (κ1) is 19.3. The van der Waals surface area contributed by atoms with Crippen LogP contribution in [0.25, 0.3) is 10.9 Å². The second-order valence-corrected chi connectivity index (χ2v) is 6.57. The van der Waals surface area contributed by atoms with Gasteiger partial charge in [0.2, 0.25) is 5.91 Å².